The maximum absolute atomic E-state index is 12.3. The molecule has 0 aliphatic heterocycles. The fourth-order valence-electron chi connectivity index (χ4n) is 2.73. The second-order valence-corrected chi connectivity index (χ2v) is 9.85. The van der Waals surface area contributed by atoms with Gasteiger partial charge in [0.15, 0.2) is 0 Å². The lowest BCUT2D eigenvalue weighted by molar-refractivity contribution is -0.116. The SMILES string of the molecule is CC(C)c1cc(NC(=O)CCCCNS(O)(O)C(C)C)cc2ccc(=O)oc12. The van der Waals surface area contributed by atoms with E-state index in [0.29, 0.717) is 37.1 Å². The molecule has 0 aliphatic rings. The molecule has 4 N–H and O–H groups in total. The van der Waals surface area contributed by atoms with E-state index in [9.17, 15) is 18.7 Å². The van der Waals surface area contributed by atoms with Crippen LogP contribution < -0.4 is 15.7 Å². The van der Waals surface area contributed by atoms with Gasteiger partial charge in [-0.1, -0.05) is 13.8 Å². The quantitative estimate of drug-likeness (QED) is 0.352. The van der Waals surface area contributed by atoms with E-state index in [-0.39, 0.29) is 17.1 Å². The molecule has 0 atom stereocenters. The van der Waals surface area contributed by atoms with E-state index in [4.69, 9.17) is 4.42 Å². The molecule has 156 valence electrons. The van der Waals surface area contributed by atoms with Crippen LogP contribution in [0.5, 0.6) is 0 Å². The fourth-order valence-corrected chi connectivity index (χ4v) is 3.51. The summed E-state index contributed by atoms with van der Waals surface area (Å²) in [4.78, 5) is 23.8. The van der Waals surface area contributed by atoms with Crippen LogP contribution in [-0.2, 0) is 4.79 Å². The minimum atomic E-state index is -2.77. The van der Waals surface area contributed by atoms with Crippen LogP contribution in [-0.4, -0.2) is 26.8 Å². The van der Waals surface area contributed by atoms with Crippen molar-refractivity contribution in [2.75, 3.05) is 11.9 Å². The molecular weight excluding hydrogens is 380 g/mol. The minimum Gasteiger partial charge on any atom is -0.422 e. The summed E-state index contributed by atoms with van der Waals surface area (Å²) in [7, 11) is -2.77. The Balaban J connectivity index is 1.94. The van der Waals surface area contributed by atoms with Crippen LogP contribution in [0, 0.1) is 0 Å². The molecule has 0 spiro atoms. The molecule has 8 heteroatoms. The van der Waals surface area contributed by atoms with E-state index in [1.165, 1.54) is 6.07 Å². The predicted octanol–water partition coefficient (Wildman–Crippen LogP) is 4.69. The summed E-state index contributed by atoms with van der Waals surface area (Å²) in [6.45, 7) is 7.94. The van der Waals surface area contributed by atoms with Crippen molar-refractivity contribution in [3.8, 4) is 0 Å². The molecule has 0 radical (unpaired) electrons. The number of hydrogen-bond acceptors (Lipinski definition) is 6. The lowest BCUT2D eigenvalue weighted by Gasteiger charge is -2.36. The van der Waals surface area contributed by atoms with Gasteiger partial charge < -0.3 is 9.73 Å². The molecular formula is C20H30N2O5S. The Bertz CT molecular complexity index is 877. The first-order chi connectivity index (χ1) is 13.1. The summed E-state index contributed by atoms with van der Waals surface area (Å²) >= 11 is 0. The standard InChI is InChI=1S/C20H30N2O5S/c1-13(2)17-12-16(11-15-8-9-19(24)27-20(15)17)22-18(23)7-5-6-10-21-28(25,26)14(3)4/h8-9,11-14,21,25-26H,5-7,10H2,1-4H3,(H,22,23). The molecule has 0 aliphatic carbocycles. The van der Waals surface area contributed by atoms with Crippen LogP contribution in [0.25, 0.3) is 11.0 Å². The van der Waals surface area contributed by atoms with Gasteiger partial charge in [-0.05, 0) is 50.8 Å². The Morgan fingerprint density at radius 1 is 1.14 bits per heavy atom. The van der Waals surface area contributed by atoms with Crippen LogP contribution in [0.4, 0.5) is 5.69 Å². The van der Waals surface area contributed by atoms with Crippen molar-refractivity contribution < 1.29 is 18.3 Å². The first kappa shape index (κ1) is 22.4. The molecule has 0 saturated carbocycles. The van der Waals surface area contributed by atoms with Gasteiger partial charge in [0.1, 0.15) is 5.58 Å². The van der Waals surface area contributed by atoms with Crippen LogP contribution in [0.3, 0.4) is 0 Å². The first-order valence-electron chi connectivity index (χ1n) is 9.49. The Labute approximate surface area is 167 Å². The average molecular weight is 411 g/mol. The second-order valence-electron chi connectivity index (χ2n) is 7.43. The molecule has 1 heterocycles. The van der Waals surface area contributed by atoms with E-state index in [1.807, 2.05) is 19.9 Å². The largest absolute Gasteiger partial charge is 0.422 e. The van der Waals surface area contributed by atoms with E-state index >= 15 is 0 Å². The molecule has 1 aromatic heterocycles. The predicted molar refractivity (Wildman–Crippen MR) is 115 cm³/mol. The number of carbonyl (C=O) groups is 1. The van der Waals surface area contributed by atoms with E-state index in [2.05, 4.69) is 10.0 Å². The molecule has 1 amide bonds. The number of benzene rings is 1. The Hall–Kier alpha value is -1.87. The summed E-state index contributed by atoms with van der Waals surface area (Å²) in [5.74, 6) is 0.0265. The highest BCUT2D eigenvalue weighted by Gasteiger charge is 2.16. The molecule has 1 aromatic carbocycles. The number of hydrogen-bond donors (Lipinski definition) is 4. The Morgan fingerprint density at radius 2 is 1.86 bits per heavy atom. The molecule has 2 aromatic rings. The van der Waals surface area contributed by atoms with Crippen LogP contribution in [0.1, 0.15) is 58.4 Å². The van der Waals surface area contributed by atoms with E-state index in [1.54, 1.807) is 26.0 Å². The van der Waals surface area contributed by atoms with Gasteiger partial charge in [0.25, 0.3) is 0 Å². The fraction of sp³-hybridized carbons (Fsp3) is 0.500. The topological polar surface area (TPSA) is 112 Å². The number of fused-ring (bicyclic) bond motifs is 1. The number of nitrogens with one attached hydrogen (secondary N) is 2. The molecule has 0 bridgehead atoms. The third-order valence-corrected chi connectivity index (χ3v) is 6.40. The van der Waals surface area contributed by atoms with Gasteiger partial charge in [0.05, 0.1) is 5.25 Å². The van der Waals surface area contributed by atoms with Gasteiger partial charge in [0, 0.05) is 35.7 Å². The van der Waals surface area contributed by atoms with Gasteiger partial charge in [-0.2, -0.15) is 0 Å². The maximum Gasteiger partial charge on any atom is 0.336 e. The summed E-state index contributed by atoms with van der Waals surface area (Å²) in [5, 5.41) is 3.42. The van der Waals surface area contributed by atoms with Crippen LogP contribution >= 0.6 is 10.8 Å². The van der Waals surface area contributed by atoms with Crippen molar-refractivity contribution in [3.63, 3.8) is 0 Å². The highest BCUT2D eigenvalue weighted by molar-refractivity contribution is 8.23. The molecule has 0 unspecified atom stereocenters. The first-order valence-corrected chi connectivity index (χ1v) is 11.1. The smallest absolute Gasteiger partial charge is 0.336 e. The average Bonchev–Trinajstić information content (AvgIpc) is 2.60. The summed E-state index contributed by atoms with van der Waals surface area (Å²) in [6, 6.07) is 6.70. The maximum atomic E-state index is 12.3. The molecule has 7 nitrogen and oxygen atoms in total. The second kappa shape index (κ2) is 9.56. The van der Waals surface area contributed by atoms with Crippen molar-refractivity contribution in [2.24, 2.45) is 0 Å². The monoisotopic (exact) mass is 410 g/mol. The lowest BCUT2D eigenvalue weighted by atomic mass is 9.99. The van der Waals surface area contributed by atoms with Crippen molar-refractivity contribution in [1.29, 1.82) is 0 Å². The summed E-state index contributed by atoms with van der Waals surface area (Å²) in [6.07, 6.45) is 1.63. The van der Waals surface area contributed by atoms with Crippen LogP contribution in [0.15, 0.2) is 33.5 Å². The molecule has 0 fully saturated rings. The zero-order valence-electron chi connectivity index (χ0n) is 16.8. The van der Waals surface area contributed by atoms with Crippen molar-refractivity contribution in [2.45, 2.75) is 58.1 Å². The van der Waals surface area contributed by atoms with Gasteiger partial charge in [-0.15, -0.1) is 10.8 Å². The zero-order chi connectivity index (χ0) is 20.9. The normalized spacial score (nSPS) is 12.7. The van der Waals surface area contributed by atoms with Gasteiger partial charge in [-0.25, -0.2) is 9.52 Å². The Kier molecular flexibility index (Phi) is 7.65. The molecule has 0 saturated heterocycles. The number of anilines is 1. The van der Waals surface area contributed by atoms with E-state index < -0.39 is 16.4 Å². The van der Waals surface area contributed by atoms with Gasteiger partial charge in [0.2, 0.25) is 5.91 Å². The summed E-state index contributed by atoms with van der Waals surface area (Å²) in [5.41, 5.74) is 1.69. The van der Waals surface area contributed by atoms with Gasteiger partial charge >= 0.3 is 5.63 Å². The van der Waals surface area contributed by atoms with Crippen LogP contribution in [0.2, 0.25) is 0 Å². The third-order valence-electron chi connectivity index (χ3n) is 4.46. The lowest BCUT2D eigenvalue weighted by Crippen LogP contribution is -2.27. The minimum absolute atomic E-state index is 0.109. The van der Waals surface area contributed by atoms with Gasteiger partial charge in [-0.3, -0.25) is 13.9 Å². The molecule has 28 heavy (non-hydrogen) atoms. The number of rotatable bonds is 9. The highest BCUT2D eigenvalue weighted by Crippen LogP contribution is 2.38. The van der Waals surface area contributed by atoms with Crippen molar-refractivity contribution in [3.05, 3.63) is 40.2 Å². The number of carbonyl (C=O) groups excluding carboxylic acids is 1. The summed E-state index contributed by atoms with van der Waals surface area (Å²) < 4.78 is 27.7. The number of amides is 1. The number of unbranched alkanes of at least 4 members (excludes halogenated alkanes) is 1. The van der Waals surface area contributed by atoms with Crippen molar-refractivity contribution in [1.82, 2.24) is 4.72 Å². The third kappa shape index (κ3) is 6.07. The van der Waals surface area contributed by atoms with Crippen molar-refractivity contribution >= 4 is 33.3 Å². The highest BCUT2D eigenvalue weighted by atomic mass is 32.3. The van der Waals surface area contributed by atoms with E-state index in [0.717, 1.165) is 10.9 Å². The Morgan fingerprint density at radius 3 is 2.50 bits per heavy atom. The molecule has 2 rings (SSSR count). The zero-order valence-corrected chi connectivity index (χ0v) is 17.6.